The van der Waals surface area contributed by atoms with E-state index >= 15 is 0 Å². The van der Waals surface area contributed by atoms with Crippen LogP contribution in [0.5, 0.6) is 5.75 Å². The molecule has 114 valence electrons. The Morgan fingerprint density at radius 2 is 2.27 bits per heavy atom. The molecule has 0 aliphatic carbocycles. The number of nitrogens with zero attached hydrogens (tertiary/aromatic N) is 3. The molecule has 1 aromatic carbocycles. The molecule has 0 amide bonds. The summed E-state index contributed by atoms with van der Waals surface area (Å²) in [7, 11) is 0. The van der Waals surface area contributed by atoms with Crippen LogP contribution in [-0.2, 0) is 4.79 Å². The molecule has 0 fully saturated rings. The minimum atomic E-state index is -1.03. The fourth-order valence-corrected chi connectivity index (χ4v) is 2.34. The third-order valence-electron chi connectivity index (χ3n) is 3.21. The van der Waals surface area contributed by atoms with Crippen molar-refractivity contribution in [2.75, 3.05) is 5.32 Å². The highest BCUT2D eigenvalue weighted by atomic mass is 16.5. The quantitative estimate of drug-likeness (QED) is 0.898. The van der Waals surface area contributed by atoms with E-state index in [1.165, 1.54) is 6.33 Å². The van der Waals surface area contributed by atoms with Gasteiger partial charge in [-0.05, 0) is 37.6 Å². The molecule has 2 N–H and O–H groups in total. The fourth-order valence-electron chi connectivity index (χ4n) is 2.34. The number of carboxylic acids is 1. The lowest BCUT2D eigenvalue weighted by atomic mass is 10.0. The number of benzene rings is 1. The Labute approximate surface area is 127 Å². The topological polar surface area (TPSA) is 89.3 Å². The molecular weight excluding hydrogens is 284 g/mol. The third-order valence-corrected chi connectivity index (χ3v) is 3.21. The van der Waals surface area contributed by atoms with Gasteiger partial charge in [-0.2, -0.15) is 10.1 Å². The van der Waals surface area contributed by atoms with Gasteiger partial charge in [-0.3, -0.25) is 0 Å². The first-order valence-corrected chi connectivity index (χ1v) is 6.93. The van der Waals surface area contributed by atoms with Crippen molar-refractivity contribution < 1.29 is 14.6 Å². The van der Waals surface area contributed by atoms with E-state index in [9.17, 15) is 9.90 Å². The number of allylic oxidation sites excluding steroid dienone is 1. The van der Waals surface area contributed by atoms with Gasteiger partial charge < -0.3 is 15.2 Å². The number of aliphatic carboxylic acids is 1. The summed E-state index contributed by atoms with van der Waals surface area (Å²) in [6.07, 6.45) is 3.07. The van der Waals surface area contributed by atoms with E-state index in [4.69, 9.17) is 4.74 Å². The van der Waals surface area contributed by atoms with Gasteiger partial charge in [-0.15, -0.1) is 0 Å². The fraction of sp³-hybridized carbons (Fsp3) is 0.267. The zero-order valence-corrected chi connectivity index (χ0v) is 12.2. The van der Waals surface area contributed by atoms with E-state index < -0.39 is 5.97 Å². The van der Waals surface area contributed by atoms with E-state index in [1.54, 1.807) is 10.8 Å². The van der Waals surface area contributed by atoms with Crippen LogP contribution in [0.15, 0.2) is 42.4 Å². The number of aromatic nitrogens is 3. The maximum atomic E-state index is 11.3. The molecule has 2 heterocycles. The monoisotopic (exact) mass is 300 g/mol. The minimum Gasteiger partial charge on any atom is -0.491 e. The summed E-state index contributed by atoms with van der Waals surface area (Å²) in [4.78, 5) is 15.3. The van der Waals surface area contributed by atoms with Crippen LogP contribution in [-0.4, -0.2) is 31.9 Å². The SMILES string of the molecule is CC(C)Oc1cccc([C@H]2C=C(C(=O)O)Nc3ncnn32)c1. The molecular formula is C15H16N4O3. The molecule has 0 saturated carbocycles. The van der Waals surface area contributed by atoms with E-state index in [-0.39, 0.29) is 17.8 Å². The molecule has 7 heteroatoms. The zero-order valence-electron chi connectivity index (χ0n) is 12.2. The number of fused-ring (bicyclic) bond motifs is 1. The van der Waals surface area contributed by atoms with Crippen molar-refractivity contribution in [1.29, 1.82) is 0 Å². The highest BCUT2D eigenvalue weighted by Crippen LogP contribution is 2.30. The van der Waals surface area contributed by atoms with Crippen LogP contribution < -0.4 is 10.1 Å². The number of nitrogens with one attached hydrogen (secondary N) is 1. The number of ether oxygens (including phenoxy) is 1. The molecule has 1 atom stereocenters. The third kappa shape index (κ3) is 2.65. The Morgan fingerprint density at radius 3 is 3.00 bits per heavy atom. The Balaban J connectivity index is 2.01. The van der Waals surface area contributed by atoms with Crippen LogP contribution in [0.4, 0.5) is 5.95 Å². The summed E-state index contributed by atoms with van der Waals surface area (Å²) in [5.74, 6) is 0.104. The molecule has 1 aliphatic rings. The van der Waals surface area contributed by atoms with Gasteiger partial charge in [0.1, 0.15) is 23.8 Å². The van der Waals surface area contributed by atoms with Crippen LogP contribution in [0, 0.1) is 0 Å². The largest absolute Gasteiger partial charge is 0.491 e. The van der Waals surface area contributed by atoms with Gasteiger partial charge >= 0.3 is 5.97 Å². The first-order valence-electron chi connectivity index (χ1n) is 6.93. The number of carboxylic acid groups (broad SMARTS) is 1. The van der Waals surface area contributed by atoms with E-state index in [0.717, 1.165) is 11.3 Å². The van der Waals surface area contributed by atoms with Crippen molar-refractivity contribution in [3.8, 4) is 5.75 Å². The van der Waals surface area contributed by atoms with Crippen LogP contribution in [0.1, 0.15) is 25.5 Å². The highest BCUT2D eigenvalue weighted by Gasteiger charge is 2.25. The first-order chi connectivity index (χ1) is 10.5. The van der Waals surface area contributed by atoms with Crippen molar-refractivity contribution in [2.45, 2.75) is 26.0 Å². The van der Waals surface area contributed by atoms with Crippen LogP contribution in [0.3, 0.4) is 0 Å². The van der Waals surface area contributed by atoms with Crippen LogP contribution in [0.25, 0.3) is 0 Å². The molecule has 0 unspecified atom stereocenters. The molecule has 3 rings (SSSR count). The Kier molecular flexibility index (Phi) is 3.54. The summed E-state index contributed by atoms with van der Waals surface area (Å²) in [6, 6.07) is 7.19. The second kappa shape index (κ2) is 5.51. The number of carbonyl (C=O) groups is 1. The lowest BCUT2D eigenvalue weighted by molar-refractivity contribution is -0.132. The van der Waals surface area contributed by atoms with Crippen LogP contribution in [0.2, 0.25) is 0 Å². The average Bonchev–Trinajstić information content (AvgIpc) is 2.94. The van der Waals surface area contributed by atoms with E-state index in [0.29, 0.717) is 5.95 Å². The molecule has 7 nitrogen and oxygen atoms in total. The maximum Gasteiger partial charge on any atom is 0.352 e. The minimum absolute atomic E-state index is 0.0651. The van der Waals surface area contributed by atoms with Gasteiger partial charge in [0.05, 0.1) is 6.10 Å². The number of hydrogen-bond acceptors (Lipinski definition) is 5. The smallest absolute Gasteiger partial charge is 0.352 e. The lowest BCUT2D eigenvalue weighted by Crippen LogP contribution is -2.24. The predicted octanol–water partition coefficient (Wildman–Crippen LogP) is 2.05. The van der Waals surface area contributed by atoms with E-state index in [2.05, 4.69) is 15.4 Å². The molecule has 0 spiro atoms. The Hall–Kier alpha value is -2.83. The Morgan fingerprint density at radius 1 is 1.45 bits per heavy atom. The number of hydrogen-bond donors (Lipinski definition) is 2. The summed E-state index contributed by atoms with van der Waals surface area (Å²) in [6.45, 7) is 3.91. The number of rotatable bonds is 4. The standard InChI is InChI=1S/C15H16N4O3/c1-9(2)22-11-5-3-4-10(6-11)13-7-12(14(20)21)18-15-16-8-17-19(13)15/h3-9,13H,1-2H3,(H,20,21)(H,16,17,18)/t13-/m1/s1. The van der Waals surface area contributed by atoms with Gasteiger partial charge in [-0.25, -0.2) is 9.48 Å². The molecule has 0 bridgehead atoms. The highest BCUT2D eigenvalue weighted by molar-refractivity contribution is 5.90. The van der Waals surface area contributed by atoms with Gasteiger partial charge in [0.15, 0.2) is 0 Å². The number of anilines is 1. The average molecular weight is 300 g/mol. The van der Waals surface area contributed by atoms with Gasteiger partial charge in [0.2, 0.25) is 5.95 Å². The molecule has 1 aliphatic heterocycles. The van der Waals surface area contributed by atoms with E-state index in [1.807, 2.05) is 38.1 Å². The molecule has 0 radical (unpaired) electrons. The van der Waals surface area contributed by atoms with Crippen LogP contribution >= 0.6 is 0 Å². The summed E-state index contributed by atoms with van der Waals surface area (Å²) in [5, 5.41) is 16.1. The van der Waals surface area contributed by atoms with Gasteiger partial charge in [-0.1, -0.05) is 12.1 Å². The normalized spacial score (nSPS) is 16.7. The molecule has 2 aromatic rings. The second-order valence-corrected chi connectivity index (χ2v) is 5.22. The molecule has 0 saturated heterocycles. The second-order valence-electron chi connectivity index (χ2n) is 5.22. The summed E-state index contributed by atoms with van der Waals surface area (Å²) < 4.78 is 7.33. The summed E-state index contributed by atoms with van der Waals surface area (Å²) in [5.41, 5.74) is 0.964. The molecule has 22 heavy (non-hydrogen) atoms. The Bertz CT molecular complexity index is 736. The van der Waals surface area contributed by atoms with Crippen molar-refractivity contribution in [2.24, 2.45) is 0 Å². The maximum absolute atomic E-state index is 11.3. The van der Waals surface area contributed by atoms with Crippen molar-refractivity contribution >= 4 is 11.9 Å². The predicted molar refractivity (Wildman–Crippen MR) is 79.7 cm³/mol. The van der Waals surface area contributed by atoms with Crippen molar-refractivity contribution in [3.63, 3.8) is 0 Å². The van der Waals surface area contributed by atoms with Gasteiger partial charge in [0.25, 0.3) is 0 Å². The first kappa shape index (κ1) is 14.1. The van der Waals surface area contributed by atoms with Crippen molar-refractivity contribution in [3.05, 3.63) is 47.9 Å². The zero-order chi connectivity index (χ0) is 15.7. The van der Waals surface area contributed by atoms with Crippen molar-refractivity contribution in [1.82, 2.24) is 14.8 Å². The van der Waals surface area contributed by atoms with Gasteiger partial charge in [0, 0.05) is 0 Å². The summed E-state index contributed by atoms with van der Waals surface area (Å²) >= 11 is 0. The molecule has 1 aromatic heterocycles. The lowest BCUT2D eigenvalue weighted by Gasteiger charge is -2.23.